The number of benzene rings is 1. The van der Waals surface area contributed by atoms with E-state index in [1.165, 1.54) is 28.2 Å². The largest absolute Gasteiger partial charge is 0.487 e. The van der Waals surface area contributed by atoms with Crippen LogP contribution in [0.15, 0.2) is 46.7 Å². The van der Waals surface area contributed by atoms with Crippen molar-refractivity contribution in [2.45, 2.75) is 61.6 Å². The SMILES string of the molecule is C[C@H]1CN([C@@H](C)CO)S(=O)(=O)c2ccc(C3=CCCCC3)cc2O[C@H]1CN(C)S(=O)(=O)c1cn(C)cn1. The van der Waals surface area contributed by atoms with Gasteiger partial charge in [-0.25, -0.2) is 21.8 Å². The Morgan fingerprint density at radius 3 is 2.68 bits per heavy atom. The van der Waals surface area contributed by atoms with Crippen molar-refractivity contribution in [2.75, 3.05) is 26.7 Å². The fraction of sp³-hybridized carbons (Fsp3) is 0.560. The monoisotopic (exact) mass is 552 g/mol. The second-order valence-electron chi connectivity index (χ2n) is 10.0. The van der Waals surface area contributed by atoms with Crippen molar-refractivity contribution in [2.24, 2.45) is 13.0 Å². The van der Waals surface area contributed by atoms with Crippen LogP contribution >= 0.6 is 0 Å². The predicted molar refractivity (Wildman–Crippen MR) is 140 cm³/mol. The Kier molecular flexibility index (Phi) is 8.15. The Bertz CT molecular complexity index is 1370. The van der Waals surface area contributed by atoms with Gasteiger partial charge >= 0.3 is 0 Å². The lowest BCUT2D eigenvalue weighted by Crippen LogP contribution is -2.50. The Hall–Kier alpha value is -2.25. The zero-order chi connectivity index (χ0) is 27.0. The highest BCUT2D eigenvalue weighted by Crippen LogP contribution is 2.37. The highest BCUT2D eigenvalue weighted by molar-refractivity contribution is 7.89. The van der Waals surface area contributed by atoms with Crippen LogP contribution in [-0.2, 0) is 27.1 Å². The van der Waals surface area contributed by atoms with Gasteiger partial charge in [-0.15, -0.1) is 0 Å². The molecule has 12 heteroatoms. The molecule has 2 aromatic rings. The molecule has 0 saturated heterocycles. The molecule has 1 aliphatic carbocycles. The maximum absolute atomic E-state index is 13.7. The number of ether oxygens (including phenoxy) is 1. The summed E-state index contributed by atoms with van der Waals surface area (Å²) in [7, 11) is -4.69. The van der Waals surface area contributed by atoms with Crippen LogP contribution in [0, 0.1) is 5.92 Å². The van der Waals surface area contributed by atoms with Crippen molar-refractivity contribution in [1.82, 2.24) is 18.2 Å². The lowest BCUT2D eigenvalue weighted by molar-refractivity contribution is 0.0904. The van der Waals surface area contributed by atoms with Gasteiger partial charge in [-0.3, -0.25) is 0 Å². The van der Waals surface area contributed by atoms with Gasteiger partial charge in [-0.05, 0) is 55.9 Å². The quantitative estimate of drug-likeness (QED) is 0.560. The summed E-state index contributed by atoms with van der Waals surface area (Å²) < 4.78 is 64.1. The van der Waals surface area contributed by atoms with E-state index in [-0.39, 0.29) is 41.3 Å². The molecule has 0 spiro atoms. The molecule has 2 heterocycles. The molecule has 0 amide bonds. The lowest BCUT2D eigenvalue weighted by Gasteiger charge is -2.37. The summed E-state index contributed by atoms with van der Waals surface area (Å²) in [6.07, 6.45) is 8.46. The van der Waals surface area contributed by atoms with Gasteiger partial charge in [0.25, 0.3) is 10.0 Å². The Labute approximate surface area is 219 Å². The van der Waals surface area contributed by atoms with E-state index in [1.54, 1.807) is 36.7 Å². The van der Waals surface area contributed by atoms with Crippen LogP contribution in [0.2, 0.25) is 0 Å². The highest BCUT2D eigenvalue weighted by atomic mass is 32.2. The first-order chi connectivity index (χ1) is 17.4. The van der Waals surface area contributed by atoms with Crippen molar-refractivity contribution >= 4 is 25.6 Å². The van der Waals surface area contributed by atoms with Gasteiger partial charge in [-0.1, -0.05) is 19.1 Å². The van der Waals surface area contributed by atoms with Crippen molar-refractivity contribution in [3.63, 3.8) is 0 Å². The molecule has 0 fully saturated rings. The van der Waals surface area contributed by atoms with Crippen LogP contribution in [-0.4, -0.2) is 79.0 Å². The van der Waals surface area contributed by atoms with Gasteiger partial charge in [0, 0.05) is 38.8 Å². The van der Waals surface area contributed by atoms with E-state index in [0.29, 0.717) is 0 Å². The van der Waals surface area contributed by atoms with Crippen molar-refractivity contribution in [1.29, 1.82) is 0 Å². The molecule has 10 nitrogen and oxygen atoms in total. The average molecular weight is 553 g/mol. The summed E-state index contributed by atoms with van der Waals surface area (Å²) in [5.74, 6) is -0.185. The van der Waals surface area contributed by atoms with Crippen LogP contribution in [0.1, 0.15) is 45.1 Å². The van der Waals surface area contributed by atoms with E-state index < -0.39 is 32.2 Å². The standard InChI is InChI=1S/C25H36N4O6S2/c1-18-13-29(19(2)16-30)36(31,32)24-11-10-21(20-8-6-5-7-9-20)12-22(24)35-23(18)14-28(4)37(33,34)25-15-27(3)17-26-25/h8,10-12,15,17-19,23,30H,5-7,9,13-14,16H2,1-4H3/t18-,19-,23-/m0/s1. The zero-order valence-electron chi connectivity index (χ0n) is 21.7. The number of nitrogens with zero attached hydrogens (tertiary/aromatic N) is 4. The van der Waals surface area contributed by atoms with E-state index in [0.717, 1.165) is 36.8 Å². The van der Waals surface area contributed by atoms with E-state index in [4.69, 9.17) is 4.74 Å². The van der Waals surface area contributed by atoms with Gasteiger partial charge in [0.15, 0.2) is 5.03 Å². The number of aryl methyl sites for hydroxylation is 1. The molecular formula is C25H36N4O6S2. The number of allylic oxidation sites excluding steroid dienone is 2. The third kappa shape index (κ3) is 5.63. The molecule has 204 valence electrons. The topological polar surface area (TPSA) is 122 Å². The van der Waals surface area contributed by atoms with Crippen LogP contribution in [0.5, 0.6) is 5.75 Å². The molecule has 1 N–H and O–H groups in total. The number of aromatic nitrogens is 2. The first-order valence-electron chi connectivity index (χ1n) is 12.5. The molecule has 1 aromatic heterocycles. The molecule has 3 atom stereocenters. The third-order valence-electron chi connectivity index (χ3n) is 7.12. The molecule has 0 saturated carbocycles. The summed E-state index contributed by atoms with van der Waals surface area (Å²) in [4.78, 5) is 4.00. The summed E-state index contributed by atoms with van der Waals surface area (Å²) >= 11 is 0. The maximum atomic E-state index is 13.7. The molecule has 0 radical (unpaired) electrons. The summed E-state index contributed by atoms with van der Waals surface area (Å²) in [5.41, 5.74) is 2.05. The Morgan fingerprint density at radius 1 is 1.30 bits per heavy atom. The molecule has 1 aromatic carbocycles. The minimum atomic E-state index is -3.97. The van der Waals surface area contributed by atoms with Crippen molar-refractivity contribution in [3.8, 4) is 5.75 Å². The van der Waals surface area contributed by atoms with Gasteiger partial charge in [0.1, 0.15) is 16.7 Å². The van der Waals surface area contributed by atoms with Crippen LogP contribution in [0.25, 0.3) is 5.57 Å². The van der Waals surface area contributed by atoms with Crippen LogP contribution in [0.4, 0.5) is 0 Å². The molecule has 37 heavy (non-hydrogen) atoms. The second kappa shape index (κ2) is 10.9. The average Bonchev–Trinajstić information content (AvgIpc) is 3.33. The fourth-order valence-corrected chi connectivity index (χ4v) is 7.74. The van der Waals surface area contributed by atoms with Gasteiger partial charge in [-0.2, -0.15) is 8.61 Å². The molecular weight excluding hydrogens is 516 g/mol. The number of rotatable bonds is 7. The fourth-order valence-electron chi connectivity index (χ4n) is 4.78. The van der Waals surface area contributed by atoms with E-state index in [1.807, 2.05) is 6.92 Å². The molecule has 2 aliphatic rings. The molecule has 0 bridgehead atoms. The number of aliphatic hydroxyl groups excluding tert-OH is 1. The summed E-state index contributed by atoms with van der Waals surface area (Å²) in [5, 5.41) is 9.77. The Balaban J connectivity index is 1.75. The summed E-state index contributed by atoms with van der Waals surface area (Å²) in [6.45, 7) is 3.20. The highest BCUT2D eigenvalue weighted by Gasteiger charge is 2.39. The predicted octanol–water partition coefficient (Wildman–Crippen LogP) is 2.47. The zero-order valence-corrected chi connectivity index (χ0v) is 23.4. The van der Waals surface area contributed by atoms with Gasteiger partial charge in [0.2, 0.25) is 10.0 Å². The molecule has 0 unspecified atom stereocenters. The van der Waals surface area contributed by atoms with Gasteiger partial charge in [0.05, 0.1) is 19.5 Å². The summed E-state index contributed by atoms with van der Waals surface area (Å²) in [6, 6.07) is 4.46. The normalized spacial score (nSPS) is 23.5. The minimum Gasteiger partial charge on any atom is -0.487 e. The maximum Gasteiger partial charge on any atom is 0.261 e. The number of hydrogen-bond donors (Lipinski definition) is 1. The van der Waals surface area contributed by atoms with E-state index >= 15 is 0 Å². The number of fused-ring (bicyclic) bond motifs is 1. The smallest absolute Gasteiger partial charge is 0.261 e. The van der Waals surface area contributed by atoms with Crippen LogP contribution in [0.3, 0.4) is 0 Å². The first kappa shape index (κ1) is 27.8. The van der Waals surface area contributed by atoms with Crippen molar-refractivity contribution < 1.29 is 26.7 Å². The van der Waals surface area contributed by atoms with Crippen LogP contribution < -0.4 is 4.74 Å². The number of hydrogen-bond acceptors (Lipinski definition) is 7. The Morgan fingerprint density at radius 2 is 2.05 bits per heavy atom. The molecule has 1 aliphatic heterocycles. The third-order valence-corrected chi connectivity index (χ3v) is 10.9. The van der Waals surface area contributed by atoms with E-state index in [9.17, 15) is 21.9 Å². The lowest BCUT2D eigenvalue weighted by atomic mass is 9.93. The number of likely N-dealkylation sites (N-methyl/N-ethyl adjacent to an activating group) is 1. The number of aliphatic hydroxyl groups is 1. The second-order valence-corrected chi connectivity index (χ2v) is 13.9. The first-order valence-corrected chi connectivity index (χ1v) is 15.4. The number of sulfonamides is 2. The van der Waals surface area contributed by atoms with Crippen molar-refractivity contribution in [3.05, 3.63) is 42.4 Å². The van der Waals surface area contributed by atoms with E-state index in [2.05, 4.69) is 11.1 Å². The van der Waals surface area contributed by atoms with Gasteiger partial charge < -0.3 is 14.4 Å². The minimum absolute atomic E-state index is 0.00612. The molecule has 4 rings (SSSR count). The number of imidazole rings is 1.